The first kappa shape index (κ1) is 13.1. The second-order valence-electron chi connectivity index (χ2n) is 5.26. The van der Waals surface area contributed by atoms with E-state index in [1.807, 2.05) is 19.2 Å². The number of hydrogen-bond donors (Lipinski definition) is 1. The largest absolute Gasteiger partial charge is 0.364 e. The fraction of sp³-hybridized carbons (Fsp3) is 0.294. The first-order valence-electron chi connectivity index (χ1n) is 7.02. The van der Waals surface area contributed by atoms with Gasteiger partial charge in [0.05, 0.1) is 5.69 Å². The third kappa shape index (κ3) is 2.54. The van der Waals surface area contributed by atoms with Crippen LogP contribution in [0.3, 0.4) is 0 Å². The Morgan fingerprint density at radius 2 is 1.95 bits per heavy atom. The van der Waals surface area contributed by atoms with E-state index in [1.54, 1.807) is 6.07 Å². The van der Waals surface area contributed by atoms with Crippen LogP contribution in [0.15, 0.2) is 42.5 Å². The highest BCUT2D eigenvalue weighted by atomic mass is 19.1. The zero-order chi connectivity index (χ0) is 13.9. The molecule has 0 atom stereocenters. The van der Waals surface area contributed by atoms with E-state index in [0.717, 1.165) is 25.1 Å². The summed E-state index contributed by atoms with van der Waals surface area (Å²) in [6, 6.07) is 13.9. The van der Waals surface area contributed by atoms with Gasteiger partial charge in [0.2, 0.25) is 0 Å². The monoisotopic (exact) mass is 270 g/mol. The first-order valence-corrected chi connectivity index (χ1v) is 7.02. The van der Waals surface area contributed by atoms with Crippen molar-refractivity contribution in [3.8, 4) is 0 Å². The molecule has 0 amide bonds. The fourth-order valence-corrected chi connectivity index (χ4v) is 2.82. The summed E-state index contributed by atoms with van der Waals surface area (Å²) >= 11 is 0. The average Bonchev–Trinajstić information content (AvgIpc) is 2.47. The molecule has 0 fully saturated rings. The number of rotatable bonds is 3. The minimum absolute atomic E-state index is 0.128. The number of nitrogens with zero attached hydrogens (tertiary/aromatic N) is 1. The van der Waals surface area contributed by atoms with Crippen molar-refractivity contribution in [1.29, 1.82) is 0 Å². The van der Waals surface area contributed by atoms with Gasteiger partial charge in [0.15, 0.2) is 0 Å². The summed E-state index contributed by atoms with van der Waals surface area (Å²) in [6.07, 6.45) is 0.980. The normalized spacial score (nSPS) is 14.2. The lowest BCUT2D eigenvalue weighted by Gasteiger charge is -2.31. The maximum absolute atomic E-state index is 14.3. The molecule has 1 aliphatic heterocycles. The van der Waals surface area contributed by atoms with E-state index in [-0.39, 0.29) is 5.82 Å². The van der Waals surface area contributed by atoms with Crippen molar-refractivity contribution in [2.45, 2.75) is 19.5 Å². The summed E-state index contributed by atoms with van der Waals surface area (Å²) in [5.74, 6) is -0.128. The fourth-order valence-electron chi connectivity index (χ4n) is 2.82. The molecule has 0 saturated carbocycles. The standard InChI is InChI=1S/C17H19FN2/c1-19-11-13-6-7-17(16(18)10-13)20-9-8-14-4-2-3-5-15(14)12-20/h2-7,10,19H,8-9,11-12H2,1H3. The van der Waals surface area contributed by atoms with Gasteiger partial charge in [0.1, 0.15) is 5.82 Å². The highest BCUT2D eigenvalue weighted by Crippen LogP contribution is 2.27. The van der Waals surface area contributed by atoms with Gasteiger partial charge in [0, 0.05) is 19.6 Å². The first-order chi connectivity index (χ1) is 9.78. The van der Waals surface area contributed by atoms with Gasteiger partial charge in [-0.1, -0.05) is 30.3 Å². The van der Waals surface area contributed by atoms with Crippen LogP contribution in [0.5, 0.6) is 0 Å². The van der Waals surface area contributed by atoms with Crippen LogP contribution in [0.4, 0.5) is 10.1 Å². The second-order valence-corrected chi connectivity index (χ2v) is 5.26. The van der Waals surface area contributed by atoms with Crippen molar-refractivity contribution >= 4 is 5.69 Å². The second kappa shape index (κ2) is 5.63. The molecule has 1 heterocycles. The van der Waals surface area contributed by atoms with E-state index in [1.165, 1.54) is 11.1 Å². The number of nitrogens with one attached hydrogen (secondary N) is 1. The SMILES string of the molecule is CNCc1ccc(N2CCc3ccccc3C2)c(F)c1. The smallest absolute Gasteiger partial charge is 0.146 e. The van der Waals surface area contributed by atoms with Crippen LogP contribution < -0.4 is 10.2 Å². The van der Waals surface area contributed by atoms with Gasteiger partial charge in [-0.15, -0.1) is 0 Å². The van der Waals surface area contributed by atoms with Gasteiger partial charge < -0.3 is 10.2 Å². The molecule has 3 rings (SSSR count). The van der Waals surface area contributed by atoms with Gasteiger partial charge in [-0.25, -0.2) is 4.39 Å². The molecule has 104 valence electrons. The van der Waals surface area contributed by atoms with Crippen molar-refractivity contribution in [3.63, 3.8) is 0 Å². The van der Waals surface area contributed by atoms with Gasteiger partial charge in [-0.05, 0) is 42.3 Å². The number of benzene rings is 2. The van der Waals surface area contributed by atoms with E-state index in [4.69, 9.17) is 0 Å². The summed E-state index contributed by atoms with van der Waals surface area (Å²) in [6.45, 7) is 2.36. The Kier molecular flexibility index (Phi) is 3.70. The topological polar surface area (TPSA) is 15.3 Å². The van der Waals surface area contributed by atoms with Gasteiger partial charge in [-0.3, -0.25) is 0 Å². The van der Waals surface area contributed by atoms with E-state index in [0.29, 0.717) is 12.2 Å². The maximum atomic E-state index is 14.3. The highest BCUT2D eigenvalue weighted by molar-refractivity contribution is 5.51. The van der Waals surface area contributed by atoms with Crippen LogP contribution in [0, 0.1) is 5.82 Å². The van der Waals surface area contributed by atoms with Crippen LogP contribution in [0.1, 0.15) is 16.7 Å². The number of halogens is 1. The molecule has 0 bridgehead atoms. The summed E-state index contributed by atoms with van der Waals surface area (Å²) in [4.78, 5) is 2.13. The molecule has 0 spiro atoms. The molecule has 2 aromatic carbocycles. The lowest BCUT2D eigenvalue weighted by Crippen LogP contribution is -2.31. The van der Waals surface area contributed by atoms with Gasteiger partial charge in [-0.2, -0.15) is 0 Å². The van der Waals surface area contributed by atoms with Crippen LogP contribution in [-0.2, 0) is 19.5 Å². The molecular weight excluding hydrogens is 251 g/mol. The van der Waals surface area contributed by atoms with Crippen molar-refractivity contribution in [2.24, 2.45) is 0 Å². The lowest BCUT2D eigenvalue weighted by molar-refractivity contribution is 0.607. The van der Waals surface area contributed by atoms with E-state index < -0.39 is 0 Å². The number of fused-ring (bicyclic) bond motifs is 1. The molecule has 0 radical (unpaired) electrons. The molecule has 1 N–H and O–H groups in total. The molecular formula is C17H19FN2. The third-order valence-electron chi connectivity index (χ3n) is 3.86. The predicted octanol–water partition coefficient (Wildman–Crippen LogP) is 3.11. The molecule has 3 heteroatoms. The van der Waals surface area contributed by atoms with Crippen LogP contribution in [0.25, 0.3) is 0 Å². The summed E-state index contributed by atoms with van der Waals surface area (Å²) in [7, 11) is 1.87. The molecule has 2 nitrogen and oxygen atoms in total. The minimum atomic E-state index is -0.128. The number of anilines is 1. The minimum Gasteiger partial charge on any atom is -0.364 e. The van der Waals surface area contributed by atoms with E-state index in [2.05, 4.69) is 34.5 Å². The molecule has 0 saturated heterocycles. The van der Waals surface area contributed by atoms with Crippen LogP contribution in [0.2, 0.25) is 0 Å². The summed E-state index contributed by atoms with van der Waals surface area (Å²) in [5.41, 5.74) is 4.37. The van der Waals surface area contributed by atoms with Crippen molar-refractivity contribution < 1.29 is 4.39 Å². The average molecular weight is 270 g/mol. The quantitative estimate of drug-likeness (QED) is 0.922. The maximum Gasteiger partial charge on any atom is 0.146 e. The molecule has 0 aromatic heterocycles. The van der Waals surface area contributed by atoms with Crippen LogP contribution in [-0.4, -0.2) is 13.6 Å². The Hall–Kier alpha value is -1.87. The zero-order valence-electron chi connectivity index (χ0n) is 11.7. The van der Waals surface area contributed by atoms with Gasteiger partial charge >= 0.3 is 0 Å². The Bertz CT molecular complexity index is 610. The van der Waals surface area contributed by atoms with Crippen molar-refractivity contribution in [2.75, 3.05) is 18.5 Å². The van der Waals surface area contributed by atoms with Crippen molar-refractivity contribution in [3.05, 3.63) is 65.0 Å². The van der Waals surface area contributed by atoms with E-state index in [9.17, 15) is 4.39 Å². The van der Waals surface area contributed by atoms with E-state index >= 15 is 0 Å². The van der Waals surface area contributed by atoms with Crippen LogP contribution >= 0.6 is 0 Å². The summed E-state index contributed by atoms with van der Waals surface area (Å²) in [5, 5.41) is 3.04. The molecule has 0 aliphatic carbocycles. The van der Waals surface area contributed by atoms with Crippen molar-refractivity contribution in [1.82, 2.24) is 5.32 Å². The Labute approximate surface area is 119 Å². The Morgan fingerprint density at radius 3 is 2.70 bits per heavy atom. The third-order valence-corrected chi connectivity index (χ3v) is 3.86. The number of hydrogen-bond acceptors (Lipinski definition) is 2. The molecule has 20 heavy (non-hydrogen) atoms. The predicted molar refractivity (Wildman–Crippen MR) is 80.4 cm³/mol. The highest BCUT2D eigenvalue weighted by Gasteiger charge is 2.18. The Morgan fingerprint density at radius 1 is 1.15 bits per heavy atom. The van der Waals surface area contributed by atoms with Gasteiger partial charge in [0.25, 0.3) is 0 Å². The summed E-state index contributed by atoms with van der Waals surface area (Å²) < 4.78 is 14.3. The molecule has 0 unspecified atom stereocenters. The molecule has 1 aliphatic rings. The zero-order valence-corrected chi connectivity index (χ0v) is 11.7. The lowest BCUT2D eigenvalue weighted by atomic mass is 9.99. The Balaban J connectivity index is 1.84. The molecule has 2 aromatic rings.